The topological polar surface area (TPSA) is 46.9 Å². The Kier molecular flexibility index (Phi) is 6.70. The van der Waals surface area contributed by atoms with Crippen LogP contribution in [-0.4, -0.2) is 15.7 Å². The van der Waals surface area contributed by atoms with Gasteiger partial charge in [-0.3, -0.25) is 4.79 Å². The number of aryl methyl sites for hydroxylation is 1. The molecule has 0 spiro atoms. The minimum absolute atomic E-state index is 0.00191. The number of hydrogen-bond acceptors (Lipinski definition) is 2. The fourth-order valence-corrected chi connectivity index (χ4v) is 3.55. The van der Waals surface area contributed by atoms with Gasteiger partial charge in [-0.25, -0.2) is 4.68 Å². The number of amides is 1. The quantitative estimate of drug-likeness (QED) is 0.370. The van der Waals surface area contributed by atoms with Crippen LogP contribution < -0.4 is 5.32 Å². The van der Waals surface area contributed by atoms with E-state index in [9.17, 15) is 4.79 Å². The lowest BCUT2D eigenvalue weighted by molar-refractivity contribution is -0.121. The number of aromatic nitrogens is 2. The molecule has 0 unspecified atom stereocenters. The van der Waals surface area contributed by atoms with E-state index in [1.165, 1.54) is 0 Å². The number of nitrogens with zero attached hydrogens (tertiary/aromatic N) is 2. The Balaban J connectivity index is 1.51. The molecule has 3 aromatic carbocycles. The highest BCUT2D eigenvalue weighted by molar-refractivity contribution is 6.30. The van der Waals surface area contributed by atoms with Crippen LogP contribution in [0, 0.1) is 0 Å². The molecule has 0 bridgehead atoms. The normalized spacial score (nSPS) is 10.8. The van der Waals surface area contributed by atoms with Crippen LogP contribution >= 0.6 is 23.2 Å². The summed E-state index contributed by atoms with van der Waals surface area (Å²) in [6.07, 6.45) is 1.15. The number of carbonyl (C=O) groups is 1. The highest BCUT2D eigenvalue weighted by Crippen LogP contribution is 2.26. The second-order valence-corrected chi connectivity index (χ2v) is 8.05. The van der Waals surface area contributed by atoms with Gasteiger partial charge >= 0.3 is 0 Å². The van der Waals surface area contributed by atoms with Crippen LogP contribution in [0.3, 0.4) is 0 Å². The summed E-state index contributed by atoms with van der Waals surface area (Å²) in [5.74, 6) is -0.00191. The van der Waals surface area contributed by atoms with Gasteiger partial charge in [-0.15, -0.1) is 0 Å². The van der Waals surface area contributed by atoms with Crippen LogP contribution in [-0.2, 0) is 17.8 Å². The van der Waals surface area contributed by atoms with Crippen LogP contribution in [0.2, 0.25) is 10.0 Å². The lowest BCUT2D eigenvalue weighted by atomic mass is 10.1. The predicted octanol–water partition coefficient (Wildman–Crippen LogP) is 6.10. The Morgan fingerprint density at radius 3 is 2.19 bits per heavy atom. The number of halogens is 2. The zero-order valence-electron chi connectivity index (χ0n) is 16.8. The third kappa shape index (κ3) is 5.54. The molecule has 1 amide bonds. The molecule has 0 radical (unpaired) electrons. The summed E-state index contributed by atoms with van der Waals surface area (Å²) in [6, 6.07) is 27.1. The minimum atomic E-state index is -0.00191. The van der Waals surface area contributed by atoms with Crippen molar-refractivity contribution in [2.45, 2.75) is 19.4 Å². The zero-order valence-corrected chi connectivity index (χ0v) is 18.3. The molecule has 4 nitrogen and oxygen atoms in total. The first-order valence-electron chi connectivity index (χ1n) is 10.00. The highest BCUT2D eigenvalue weighted by Gasteiger charge is 2.13. The van der Waals surface area contributed by atoms with Crippen molar-refractivity contribution >= 4 is 29.1 Å². The third-order valence-electron chi connectivity index (χ3n) is 4.92. The molecule has 0 aliphatic carbocycles. The van der Waals surface area contributed by atoms with Gasteiger partial charge in [0.05, 0.1) is 23.6 Å². The molecular weight excluding hydrogens is 429 g/mol. The van der Waals surface area contributed by atoms with Crippen molar-refractivity contribution < 1.29 is 4.79 Å². The Hall–Kier alpha value is -3.08. The van der Waals surface area contributed by atoms with Crippen molar-refractivity contribution in [3.05, 3.63) is 106 Å². The predicted molar refractivity (Wildman–Crippen MR) is 126 cm³/mol. The van der Waals surface area contributed by atoms with Crippen molar-refractivity contribution in [3.63, 3.8) is 0 Å². The first-order valence-corrected chi connectivity index (χ1v) is 10.8. The molecule has 4 aromatic rings. The van der Waals surface area contributed by atoms with E-state index < -0.39 is 0 Å². The van der Waals surface area contributed by atoms with Crippen LogP contribution in [0.5, 0.6) is 0 Å². The molecule has 1 N–H and O–H groups in total. The molecule has 6 heteroatoms. The molecule has 0 saturated carbocycles. The summed E-state index contributed by atoms with van der Waals surface area (Å²) in [7, 11) is 0. The van der Waals surface area contributed by atoms with E-state index in [1.54, 1.807) is 0 Å². The second-order valence-electron chi connectivity index (χ2n) is 7.18. The molecule has 0 atom stereocenters. The van der Waals surface area contributed by atoms with E-state index in [0.717, 1.165) is 28.2 Å². The summed E-state index contributed by atoms with van der Waals surface area (Å²) in [4.78, 5) is 12.3. The fourth-order valence-electron chi connectivity index (χ4n) is 3.30. The molecule has 1 aromatic heterocycles. The smallest absolute Gasteiger partial charge is 0.220 e. The van der Waals surface area contributed by atoms with E-state index in [1.807, 2.05) is 89.6 Å². The molecule has 0 aliphatic heterocycles. The van der Waals surface area contributed by atoms with Gasteiger partial charge in [0.25, 0.3) is 0 Å². The second kappa shape index (κ2) is 9.82. The molecule has 156 valence electrons. The molecule has 4 rings (SSSR count). The van der Waals surface area contributed by atoms with Crippen molar-refractivity contribution in [1.29, 1.82) is 0 Å². The fraction of sp³-hybridized carbons (Fsp3) is 0.120. The van der Waals surface area contributed by atoms with E-state index in [2.05, 4.69) is 5.32 Å². The lowest BCUT2D eigenvalue weighted by Crippen LogP contribution is -2.23. The van der Waals surface area contributed by atoms with Gasteiger partial charge in [-0.1, -0.05) is 65.7 Å². The number of carbonyl (C=O) groups excluding carboxylic acids is 1. The maximum absolute atomic E-state index is 12.3. The summed E-state index contributed by atoms with van der Waals surface area (Å²) >= 11 is 12.1. The van der Waals surface area contributed by atoms with Gasteiger partial charge < -0.3 is 5.32 Å². The molecule has 0 aliphatic rings. The van der Waals surface area contributed by atoms with Crippen LogP contribution in [0.25, 0.3) is 16.9 Å². The Morgan fingerprint density at radius 2 is 1.52 bits per heavy atom. The van der Waals surface area contributed by atoms with Gasteiger partial charge in [0, 0.05) is 22.0 Å². The standard InChI is InChI=1S/C25H21Cl2N3O/c26-20-9-7-19(8-10-20)24-16-22(29-30(24)23-13-11-21(27)12-14-23)17-28-25(31)15-6-18-4-2-1-3-5-18/h1-5,7-14,16H,6,15,17H2,(H,28,31). The third-order valence-corrected chi connectivity index (χ3v) is 5.43. The van der Waals surface area contributed by atoms with Crippen molar-refractivity contribution in [2.75, 3.05) is 0 Å². The molecule has 1 heterocycles. The monoisotopic (exact) mass is 449 g/mol. The average Bonchev–Trinajstić information content (AvgIpc) is 3.22. The number of nitrogens with one attached hydrogen (secondary N) is 1. The van der Waals surface area contributed by atoms with E-state index in [-0.39, 0.29) is 5.91 Å². The van der Waals surface area contributed by atoms with E-state index in [4.69, 9.17) is 28.3 Å². The van der Waals surface area contributed by atoms with Gasteiger partial charge in [0.2, 0.25) is 5.91 Å². The summed E-state index contributed by atoms with van der Waals surface area (Å²) < 4.78 is 1.85. The van der Waals surface area contributed by atoms with Gasteiger partial charge in [-0.05, 0) is 54.4 Å². The number of hydrogen-bond donors (Lipinski definition) is 1. The SMILES string of the molecule is O=C(CCc1ccccc1)NCc1cc(-c2ccc(Cl)cc2)n(-c2ccc(Cl)cc2)n1. The summed E-state index contributed by atoms with van der Waals surface area (Å²) in [6.45, 7) is 0.356. The van der Waals surface area contributed by atoms with Crippen LogP contribution in [0.1, 0.15) is 17.7 Å². The lowest BCUT2D eigenvalue weighted by Gasteiger charge is -2.08. The summed E-state index contributed by atoms with van der Waals surface area (Å²) in [5.41, 5.74) is 4.69. The number of benzene rings is 3. The minimum Gasteiger partial charge on any atom is -0.350 e. The van der Waals surface area contributed by atoms with Crippen molar-refractivity contribution in [3.8, 4) is 16.9 Å². The van der Waals surface area contributed by atoms with Crippen LogP contribution in [0.15, 0.2) is 84.9 Å². The largest absolute Gasteiger partial charge is 0.350 e. The van der Waals surface area contributed by atoms with Crippen molar-refractivity contribution in [1.82, 2.24) is 15.1 Å². The maximum atomic E-state index is 12.3. The maximum Gasteiger partial charge on any atom is 0.220 e. The Morgan fingerprint density at radius 1 is 0.871 bits per heavy atom. The molecule has 0 fully saturated rings. The van der Waals surface area contributed by atoms with Crippen molar-refractivity contribution in [2.24, 2.45) is 0 Å². The average molecular weight is 450 g/mol. The highest BCUT2D eigenvalue weighted by atomic mass is 35.5. The zero-order chi connectivity index (χ0) is 21.6. The molecule has 31 heavy (non-hydrogen) atoms. The van der Waals surface area contributed by atoms with E-state index in [0.29, 0.717) is 29.4 Å². The Bertz CT molecular complexity index is 1090. The molecule has 0 saturated heterocycles. The van der Waals surface area contributed by atoms with Gasteiger partial charge in [0.15, 0.2) is 0 Å². The molecular formula is C25H21Cl2N3O. The van der Waals surface area contributed by atoms with Crippen LogP contribution in [0.4, 0.5) is 0 Å². The van der Waals surface area contributed by atoms with E-state index >= 15 is 0 Å². The first-order chi connectivity index (χ1) is 15.1. The summed E-state index contributed by atoms with van der Waals surface area (Å²) in [5, 5.41) is 9.03. The van der Waals surface area contributed by atoms with Gasteiger partial charge in [-0.2, -0.15) is 5.10 Å². The number of rotatable bonds is 7. The Labute approximate surface area is 191 Å². The van der Waals surface area contributed by atoms with Gasteiger partial charge in [0.1, 0.15) is 0 Å². The first kappa shape index (κ1) is 21.2.